The van der Waals surface area contributed by atoms with Crippen LogP contribution in [-0.2, 0) is 14.3 Å². The van der Waals surface area contributed by atoms with Gasteiger partial charge in [-0.3, -0.25) is 9.59 Å². The monoisotopic (exact) mass is 487 g/mol. The van der Waals surface area contributed by atoms with Gasteiger partial charge in [0.25, 0.3) is 0 Å². The molecule has 0 aromatic heterocycles. The molecule has 1 aliphatic carbocycles. The lowest BCUT2D eigenvalue weighted by atomic mass is 9.85. The number of alkyl carbamates (subject to hydrolysis) is 1. The molecule has 0 aliphatic heterocycles. The highest BCUT2D eigenvalue weighted by Gasteiger charge is 2.43. The number of rotatable bonds is 10. The summed E-state index contributed by atoms with van der Waals surface area (Å²) < 4.78 is 5.45. The molecule has 2 N–H and O–H groups in total. The Kier molecular flexibility index (Phi) is 10.2. The third kappa shape index (κ3) is 7.71. The third-order valence-electron chi connectivity index (χ3n) is 6.50. The lowest BCUT2D eigenvalue weighted by molar-refractivity contribution is -0.148. The van der Waals surface area contributed by atoms with E-state index in [1.165, 1.54) is 0 Å². The Hall–Kier alpha value is -2.57. The summed E-state index contributed by atoms with van der Waals surface area (Å²) in [6.45, 7) is 15.8. The summed E-state index contributed by atoms with van der Waals surface area (Å²) >= 11 is 0. The van der Waals surface area contributed by atoms with Crippen LogP contribution in [0.15, 0.2) is 18.2 Å². The standard InChI is InChI=1S/C28H45N3O4/c1-9-10-17-29-25(32)24(22-19(4)13-11-14-20(22)5)31(21-15-12-16-21)26(33)23(18(2)3)30-27(34)35-28(6,7)8/h11,13-14,18,21,23-24H,9-10,12,15-17H2,1-8H3,(H,29,32)(H,30,34). The minimum Gasteiger partial charge on any atom is -0.444 e. The van der Waals surface area contributed by atoms with Crippen molar-refractivity contribution in [2.24, 2.45) is 5.92 Å². The maximum absolute atomic E-state index is 14.2. The van der Waals surface area contributed by atoms with Crippen molar-refractivity contribution in [1.29, 1.82) is 0 Å². The van der Waals surface area contributed by atoms with Gasteiger partial charge in [0.05, 0.1) is 0 Å². The molecule has 0 heterocycles. The maximum Gasteiger partial charge on any atom is 0.408 e. The van der Waals surface area contributed by atoms with Gasteiger partial charge < -0.3 is 20.3 Å². The molecule has 1 aromatic rings. The van der Waals surface area contributed by atoms with Gasteiger partial charge in [-0.2, -0.15) is 0 Å². The number of nitrogens with one attached hydrogen (secondary N) is 2. The second-order valence-corrected chi connectivity index (χ2v) is 11.1. The summed E-state index contributed by atoms with van der Waals surface area (Å²) in [7, 11) is 0. The zero-order valence-corrected chi connectivity index (χ0v) is 22.9. The SMILES string of the molecule is CCCCNC(=O)C(c1c(C)cccc1C)N(C(=O)C(NC(=O)OC(C)(C)C)C(C)C)C1CCC1. The summed E-state index contributed by atoms with van der Waals surface area (Å²) in [5.41, 5.74) is 2.13. The number of benzene rings is 1. The first-order chi connectivity index (χ1) is 16.4. The van der Waals surface area contributed by atoms with Crippen LogP contribution in [0.2, 0.25) is 0 Å². The molecule has 0 radical (unpaired) electrons. The minimum atomic E-state index is -0.805. The van der Waals surface area contributed by atoms with Crippen molar-refractivity contribution in [2.45, 2.75) is 111 Å². The van der Waals surface area contributed by atoms with Crippen LogP contribution in [0, 0.1) is 19.8 Å². The van der Waals surface area contributed by atoms with Gasteiger partial charge in [-0.1, -0.05) is 45.4 Å². The number of hydrogen-bond donors (Lipinski definition) is 2. The van der Waals surface area contributed by atoms with E-state index in [1.807, 2.05) is 45.9 Å². The van der Waals surface area contributed by atoms with Gasteiger partial charge in [0.15, 0.2) is 0 Å². The zero-order valence-electron chi connectivity index (χ0n) is 22.9. The fourth-order valence-electron chi connectivity index (χ4n) is 4.43. The summed E-state index contributed by atoms with van der Waals surface area (Å²) in [4.78, 5) is 42.2. The molecule has 1 aliphatic rings. The molecule has 0 spiro atoms. The van der Waals surface area contributed by atoms with Crippen molar-refractivity contribution in [3.63, 3.8) is 0 Å². The Bertz CT molecular complexity index is 866. The van der Waals surface area contributed by atoms with E-state index in [-0.39, 0.29) is 23.8 Å². The number of ether oxygens (including phenoxy) is 1. The van der Waals surface area contributed by atoms with Gasteiger partial charge >= 0.3 is 6.09 Å². The third-order valence-corrected chi connectivity index (χ3v) is 6.50. The number of amides is 3. The van der Waals surface area contributed by atoms with Crippen LogP contribution in [0.5, 0.6) is 0 Å². The van der Waals surface area contributed by atoms with Crippen LogP contribution >= 0.6 is 0 Å². The second-order valence-electron chi connectivity index (χ2n) is 11.1. The first-order valence-corrected chi connectivity index (χ1v) is 13.0. The van der Waals surface area contributed by atoms with Crippen molar-refractivity contribution in [3.05, 3.63) is 34.9 Å². The van der Waals surface area contributed by atoms with E-state index in [0.29, 0.717) is 6.54 Å². The number of hydrogen-bond acceptors (Lipinski definition) is 4. The largest absolute Gasteiger partial charge is 0.444 e. The van der Waals surface area contributed by atoms with Crippen molar-refractivity contribution < 1.29 is 19.1 Å². The molecule has 7 nitrogen and oxygen atoms in total. The molecule has 2 unspecified atom stereocenters. The van der Waals surface area contributed by atoms with E-state index in [9.17, 15) is 14.4 Å². The summed E-state index contributed by atoms with van der Waals surface area (Å²) in [6.07, 6.45) is 3.90. The molecule has 3 amide bonds. The van der Waals surface area contributed by atoms with Gasteiger partial charge in [0, 0.05) is 12.6 Å². The molecular formula is C28H45N3O4. The minimum absolute atomic E-state index is 0.0508. The molecule has 0 saturated heterocycles. The van der Waals surface area contributed by atoms with Gasteiger partial charge in [-0.25, -0.2) is 4.79 Å². The Labute approximate surface area is 211 Å². The van der Waals surface area contributed by atoms with Crippen LogP contribution in [0.1, 0.15) is 96.4 Å². The van der Waals surface area contributed by atoms with Gasteiger partial charge in [-0.05, 0) is 82.9 Å². The number of unbranched alkanes of at least 4 members (excludes halogenated alkanes) is 1. The fourth-order valence-corrected chi connectivity index (χ4v) is 4.43. The maximum atomic E-state index is 14.2. The first-order valence-electron chi connectivity index (χ1n) is 13.0. The Morgan fingerprint density at radius 3 is 2.17 bits per heavy atom. The Morgan fingerprint density at radius 2 is 1.71 bits per heavy atom. The lowest BCUT2D eigenvalue weighted by Gasteiger charge is -2.44. The molecule has 1 fully saturated rings. The molecule has 2 atom stereocenters. The van der Waals surface area contributed by atoms with Crippen LogP contribution in [-0.4, -0.2) is 47.0 Å². The number of carbonyl (C=O) groups is 3. The molecular weight excluding hydrogens is 442 g/mol. The van der Waals surface area contributed by atoms with E-state index >= 15 is 0 Å². The van der Waals surface area contributed by atoms with Crippen molar-refractivity contribution in [3.8, 4) is 0 Å². The smallest absolute Gasteiger partial charge is 0.408 e. The molecule has 7 heteroatoms. The highest BCUT2D eigenvalue weighted by Crippen LogP contribution is 2.36. The number of aryl methyl sites for hydroxylation is 2. The lowest BCUT2D eigenvalue weighted by Crippen LogP contribution is -2.59. The van der Waals surface area contributed by atoms with E-state index < -0.39 is 23.8 Å². The fraction of sp³-hybridized carbons (Fsp3) is 0.679. The molecule has 35 heavy (non-hydrogen) atoms. The van der Waals surface area contributed by atoms with E-state index in [4.69, 9.17) is 4.74 Å². The van der Waals surface area contributed by atoms with Gasteiger partial charge in [-0.15, -0.1) is 0 Å². The topological polar surface area (TPSA) is 87.7 Å². The van der Waals surface area contributed by atoms with E-state index in [2.05, 4.69) is 17.6 Å². The number of carbonyl (C=O) groups excluding carboxylic acids is 3. The van der Waals surface area contributed by atoms with Crippen molar-refractivity contribution in [1.82, 2.24) is 15.5 Å². The normalized spacial score (nSPS) is 15.7. The summed E-state index contributed by atoms with van der Waals surface area (Å²) in [5.74, 6) is -0.593. The number of nitrogens with zero attached hydrogens (tertiary/aromatic N) is 1. The van der Waals surface area contributed by atoms with Crippen LogP contribution in [0.3, 0.4) is 0 Å². The molecule has 0 bridgehead atoms. The Morgan fingerprint density at radius 1 is 1.11 bits per heavy atom. The predicted octanol–water partition coefficient (Wildman–Crippen LogP) is 5.19. The van der Waals surface area contributed by atoms with E-state index in [0.717, 1.165) is 48.8 Å². The first kappa shape index (κ1) is 28.7. The van der Waals surface area contributed by atoms with E-state index in [1.54, 1.807) is 25.7 Å². The highest BCUT2D eigenvalue weighted by atomic mass is 16.6. The van der Waals surface area contributed by atoms with Gasteiger partial charge in [0.1, 0.15) is 17.7 Å². The quantitative estimate of drug-likeness (QED) is 0.445. The molecule has 1 aromatic carbocycles. The highest BCUT2D eigenvalue weighted by molar-refractivity contribution is 5.93. The summed E-state index contributed by atoms with van der Waals surface area (Å²) in [6, 6.07) is 4.32. The van der Waals surface area contributed by atoms with Crippen molar-refractivity contribution in [2.75, 3.05) is 6.54 Å². The molecule has 2 rings (SSSR count). The van der Waals surface area contributed by atoms with Crippen LogP contribution in [0.4, 0.5) is 4.79 Å². The average molecular weight is 488 g/mol. The zero-order chi connectivity index (χ0) is 26.3. The average Bonchev–Trinajstić information content (AvgIpc) is 2.70. The second kappa shape index (κ2) is 12.4. The molecule has 196 valence electrons. The van der Waals surface area contributed by atoms with Crippen LogP contribution in [0.25, 0.3) is 0 Å². The van der Waals surface area contributed by atoms with Gasteiger partial charge in [0.2, 0.25) is 11.8 Å². The Balaban J connectivity index is 2.51. The summed E-state index contributed by atoms with van der Waals surface area (Å²) in [5, 5.41) is 5.87. The van der Waals surface area contributed by atoms with Crippen LogP contribution < -0.4 is 10.6 Å². The molecule has 1 saturated carbocycles. The van der Waals surface area contributed by atoms with Crippen molar-refractivity contribution >= 4 is 17.9 Å². The predicted molar refractivity (Wildman–Crippen MR) is 139 cm³/mol.